The van der Waals surface area contributed by atoms with Crippen molar-refractivity contribution < 1.29 is 0 Å². The van der Waals surface area contributed by atoms with E-state index in [1.54, 1.807) is 0 Å². The van der Waals surface area contributed by atoms with Gasteiger partial charge in [0.1, 0.15) is 0 Å². The van der Waals surface area contributed by atoms with Crippen LogP contribution >= 0.6 is 0 Å². The summed E-state index contributed by atoms with van der Waals surface area (Å²) in [5.41, 5.74) is 8.14. The van der Waals surface area contributed by atoms with Gasteiger partial charge in [0, 0.05) is 12.2 Å². The van der Waals surface area contributed by atoms with E-state index in [2.05, 4.69) is 83.3 Å². The molecule has 1 nitrogen and oxygen atoms in total. The van der Waals surface area contributed by atoms with Gasteiger partial charge in [0.25, 0.3) is 0 Å². The van der Waals surface area contributed by atoms with Crippen LogP contribution in [0.1, 0.15) is 54.5 Å². The van der Waals surface area contributed by atoms with Crippen molar-refractivity contribution in [3.8, 4) is 0 Å². The first-order valence-electron chi connectivity index (χ1n) is 8.77. The van der Waals surface area contributed by atoms with Crippen LogP contribution in [0, 0.1) is 26.7 Å². The van der Waals surface area contributed by atoms with Crippen LogP contribution in [0.3, 0.4) is 0 Å². The molecule has 0 fully saturated rings. The second-order valence-electron chi connectivity index (χ2n) is 7.40. The van der Waals surface area contributed by atoms with E-state index >= 15 is 0 Å². The average molecular weight is 309 g/mol. The number of hydrogen-bond acceptors (Lipinski definition) is 1. The van der Waals surface area contributed by atoms with Gasteiger partial charge in [-0.3, -0.25) is 0 Å². The lowest BCUT2D eigenvalue weighted by Gasteiger charge is -2.18. The van der Waals surface area contributed by atoms with Gasteiger partial charge in [-0.25, -0.2) is 0 Å². The Kier molecular flexibility index (Phi) is 5.87. The molecular formula is C22H31N. The highest BCUT2D eigenvalue weighted by molar-refractivity contribution is 5.58. The number of aryl methyl sites for hydroxylation is 3. The predicted octanol–water partition coefficient (Wildman–Crippen LogP) is 6.03. The van der Waals surface area contributed by atoms with Crippen LogP contribution in [0.15, 0.2) is 36.4 Å². The molecule has 2 aromatic rings. The molecule has 0 bridgehead atoms. The normalized spacial score (nSPS) is 12.5. The molecule has 0 heterocycles. The Hall–Kier alpha value is -1.76. The van der Waals surface area contributed by atoms with Gasteiger partial charge in [-0.05, 0) is 61.3 Å². The Morgan fingerprint density at radius 2 is 1.43 bits per heavy atom. The van der Waals surface area contributed by atoms with Gasteiger partial charge in [-0.15, -0.1) is 0 Å². The molecule has 0 aliphatic carbocycles. The van der Waals surface area contributed by atoms with Gasteiger partial charge in [0.2, 0.25) is 0 Å². The summed E-state index contributed by atoms with van der Waals surface area (Å²) in [4.78, 5) is 0. The highest BCUT2D eigenvalue weighted by atomic mass is 14.9. The number of benzene rings is 2. The molecule has 0 aliphatic heterocycles. The molecule has 0 spiro atoms. The molecule has 1 N–H and O–H groups in total. The minimum absolute atomic E-state index is 0.503. The van der Waals surface area contributed by atoms with Crippen molar-refractivity contribution >= 4 is 5.69 Å². The molecule has 2 rings (SSSR count). The lowest BCUT2D eigenvalue weighted by molar-refractivity contribution is 0.647. The summed E-state index contributed by atoms with van der Waals surface area (Å²) < 4.78 is 0. The van der Waals surface area contributed by atoms with E-state index in [0.717, 1.165) is 13.0 Å². The third kappa shape index (κ3) is 4.86. The van der Waals surface area contributed by atoms with Crippen LogP contribution < -0.4 is 5.32 Å². The molecule has 0 aromatic heterocycles. The average Bonchev–Trinajstić information content (AvgIpc) is 2.46. The Bertz CT molecular complexity index is 615. The van der Waals surface area contributed by atoms with Crippen molar-refractivity contribution in [2.75, 3.05) is 11.9 Å². The van der Waals surface area contributed by atoms with Crippen LogP contribution in [0.5, 0.6) is 0 Å². The van der Waals surface area contributed by atoms with E-state index in [1.807, 2.05) is 0 Å². The standard InChI is InChI=1S/C22H31N/c1-15(2)11-20-7-9-21(10-8-20)19(6)14-23-22-17(4)12-16(3)13-18(22)5/h7-10,12-13,15,19,23H,11,14H2,1-6H3. The molecule has 23 heavy (non-hydrogen) atoms. The van der Waals surface area contributed by atoms with Crippen molar-refractivity contribution in [2.24, 2.45) is 5.92 Å². The molecule has 0 saturated carbocycles. The Morgan fingerprint density at radius 3 is 1.96 bits per heavy atom. The van der Waals surface area contributed by atoms with Crippen molar-refractivity contribution in [3.63, 3.8) is 0 Å². The monoisotopic (exact) mass is 309 g/mol. The van der Waals surface area contributed by atoms with E-state index in [-0.39, 0.29) is 0 Å². The third-order valence-electron chi connectivity index (χ3n) is 4.45. The highest BCUT2D eigenvalue weighted by Gasteiger charge is 2.09. The van der Waals surface area contributed by atoms with Gasteiger partial charge >= 0.3 is 0 Å². The molecule has 124 valence electrons. The van der Waals surface area contributed by atoms with Crippen LogP contribution in [0.4, 0.5) is 5.69 Å². The van der Waals surface area contributed by atoms with E-state index in [4.69, 9.17) is 0 Å². The van der Waals surface area contributed by atoms with Crippen LogP contribution in [-0.2, 0) is 6.42 Å². The minimum atomic E-state index is 0.503. The summed E-state index contributed by atoms with van der Waals surface area (Å²) >= 11 is 0. The zero-order valence-corrected chi connectivity index (χ0v) is 15.5. The summed E-state index contributed by atoms with van der Waals surface area (Å²) in [5.74, 6) is 1.22. The number of nitrogens with one attached hydrogen (secondary N) is 1. The van der Waals surface area contributed by atoms with E-state index in [0.29, 0.717) is 11.8 Å². The van der Waals surface area contributed by atoms with Crippen LogP contribution in [0.2, 0.25) is 0 Å². The smallest absolute Gasteiger partial charge is 0.0399 e. The fraction of sp³-hybridized carbons (Fsp3) is 0.455. The fourth-order valence-corrected chi connectivity index (χ4v) is 3.29. The molecule has 2 aromatic carbocycles. The first kappa shape index (κ1) is 17.6. The van der Waals surface area contributed by atoms with Gasteiger partial charge in [-0.1, -0.05) is 62.7 Å². The second-order valence-corrected chi connectivity index (χ2v) is 7.40. The first-order valence-corrected chi connectivity index (χ1v) is 8.77. The second kappa shape index (κ2) is 7.68. The SMILES string of the molecule is Cc1cc(C)c(NCC(C)c2ccc(CC(C)C)cc2)c(C)c1. The quantitative estimate of drug-likeness (QED) is 0.687. The van der Waals surface area contributed by atoms with Crippen molar-refractivity contribution in [3.05, 3.63) is 64.2 Å². The van der Waals surface area contributed by atoms with Gasteiger partial charge in [-0.2, -0.15) is 0 Å². The zero-order chi connectivity index (χ0) is 17.0. The zero-order valence-electron chi connectivity index (χ0n) is 15.5. The van der Waals surface area contributed by atoms with Gasteiger partial charge in [0.15, 0.2) is 0 Å². The lowest BCUT2D eigenvalue weighted by atomic mass is 9.96. The first-order chi connectivity index (χ1) is 10.9. The summed E-state index contributed by atoms with van der Waals surface area (Å²) in [7, 11) is 0. The van der Waals surface area contributed by atoms with Crippen molar-refractivity contribution in [2.45, 2.75) is 53.9 Å². The minimum Gasteiger partial charge on any atom is -0.384 e. The van der Waals surface area contributed by atoms with Crippen LogP contribution in [-0.4, -0.2) is 6.54 Å². The molecule has 1 heteroatoms. The van der Waals surface area contributed by atoms with E-state index in [1.165, 1.54) is 33.5 Å². The van der Waals surface area contributed by atoms with Crippen molar-refractivity contribution in [1.82, 2.24) is 0 Å². The van der Waals surface area contributed by atoms with Gasteiger partial charge in [0.05, 0.1) is 0 Å². The highest BCUT2D eigenvalue weighted by Crippen LogP contribution is 2.24. The third-order valence-corrected chi connectivity index (χ3v) is 4.45. The predicted molar refractivity (Wildman–Crippen MR) is 103 cm³/mol. The maximum Gasteiger partial charge on any atom is 0.0399 e. The molecule has 0 aliphatic rings. The van der Waals surface area contributed by atoms with E-state index < -0.39 is 0 Å². The molecule has 0 saturated heterocycles. The molecule has 1 atom stereocenters. The summed E-state index contributed by atoms with van der Waals surface area (Å²) in [5, 5.41) is 3.65. The largest absolute Gasteiger partial charge is 0.384 e. The molecule has 0 amide bonds. The summed E-state index contributed by atoms with van der Waals surface area (Å²) in [6.45, 7) is 14.3. The molecule has 1 unspecified atom stereocenters. The van der Waals surface area contributed by atoms with Crippen molar-refractivity contribution in [1.29, 1.82) is 0 Å². The van der Waals surface area contributed by atoms with E-state index in [9.17, 15) is 0 Å². The Morgan fingerprint density at radius 1 is 0.870 bits per heavy atom. The van der Waals surface area contributed by atoms with Gasteiger partial charge < -0.3 is 5.32 Å². The maximum atomic E-state index is 3.65. The Balaban J connectivity index is 2.01. The molecular weight excluding hydrogens is 278 g/mol. The summed E-state index contributed by atoms with van der Waals surface area (Å²) in [6, 6.07) is 13.7. The number of hydrogen-bond donors (Lipinski definition) is 1. The molecule has 0 radical (unpaired) electrons. The maximum absolute atomic E-state index is 3.65. The topological polar surface area (TPSA) is 12.0 Å². The van der Waals surface area contributed by atoms with Crippen LogP contribution in [0.25, 0.3) is 0 Å². The summed E-state index contributed by atoms with van der Waals surface area (Å²) in [6.07, 6.45) is 1.16. The number of rotatable bonds is 6. The number of anilines is 1. The fourth-order valence-electron chi connectivity index (χ4n) is 3.29. The lowest BCUT2D eigenvalue weighted by Crippen LogP contribution is -2.12. The Labute approximate surface area is 142 Å².